The number of benzene rings is 2. The summed E-state index contributed by atoms with van der Waals surface area (Å²) < 4.78 is 4.72. The molecule has 0 unspecified atom stereocenters. The van der Waals surface area contributed by atoms with Crippen LogP contribution in [0.25, 0.3) is 11.1 Å². The van der Waals surface area contributed by atoms with Gasteiger partial charge >= 0.3 is 0 Å². The molecule has 0 spiro atoms. The van der Waals surface area contributed by atoms with Crippen molar-refractivity contribution in [1.82, 2.24) is 0 Å². The van der Waals surface area contributed by atoms with Gasteiger partial charge in [-0.15, -0.1) is 0 Å². The third-order valence-corrected chi connectivity index (χ3v) is 2.94. The predicted octanol–water partition coefficient (Wildman–Crippen LogP) is 4.15. The highest BCUT2D eigenvalue weighted by Crippen LogP contribution is 2.27. The molecule has 0 fully saturated rings. The zero-order valence-electron chi connectivity index (χ0n) is 10.1. The number of ether oxygens (including phenoxy) is 1. The molecule has 0 N–H and O–H groups in total. The van der Waals surface area contributed by atoms with Crippen LogP contribution in [0.4, 0.5) is 0 Å². The van der Waals surface area contributed by atoms with Gasteiger partial charge in [-0.25, -0.2) is 0 Å². The molecule has 2 rings (SSSR count). The second-order valence-electron chi connectivity index (χ2n) is 4.56. The molecule has 0 amide bonds. The molecule has 0 saturated carbocycles. The Morgan fingerprint density at radius 1 is 0.824 bits per heavy atom. The van der Waals surface area contributed by atoms with Crippen LogP contribution < -0.4 is 0 Å². The Kier molecular flexibility index (Phi) is 3.30. The van der Waals surface area contributed by atoms with Crippen LogP contribution in [0.3, 0.4) is 0 Å². The van der Waals surface area contributed by atoms with Crippen molar-refractivity contribution < 1.29 is 4.74 Å². The van der Waals surface area contributed by atoms with Gasteiger partial charge in [0.05, 0.1) is 5.60 Å². The molecule has 1 nitrogen and oxygen atoms in total. The molecule has 3 radical (unpaired) electrons. The lowest BCUT2D eigenvalue weighted by molar-refractivity contribution is 0.0496. The van der Waals surface area contributed by atoms with Gasteiger partial charge in [-0.1, -0.05) is 54.6 Å². The molecule has 85 valence electrons. The van der Waals surface area contributed by atoms with E-state index in [-0.39, 0.29) is 0 Å². The first kappa shape index (κ1) is 11.9. The molecule has 0 atom stereocenters. The Labute approximate surface area is 103 Å². The zero-order chi connectivity index (χ0) is 12.3. The molecule has 0 bridgehead atoms. The van der Waals surface area contributed by atoms with E-state index in [9.17, 15) is 0 Å². The SMILES string of the molecule is [C]OC(C)(C)c1ccc(-c2ccccc2)cc1. The van der Waals surface area contributed by atoms with Gasteiger partial charge in [0.15, 0.2) is 7.11 Å². The fourth-order valence-corrected chi connectivity index (χ4v) is 1.75. The average molecular weight is 223 g/mol. The van der Waals surface area contributed by atoms with Crippen LogP contribution in [0.15, 0.2) is 54.6 Å². The maximum atomic E-state index is 7.06. The van der Waals surface area contributed by atoms with Crippen molar-refractivity contribution in [3.63, 3.8) is 0 Å². The number of hydrogen-bond donors (Lipinski definition) is 0. The topological polar surface area (TPSA) is 9.23 Å². The van der Waals surface area contributed by atoms with Crippen LogP contribution >= 0.6 is 0 Å². The summed E-state index contributed by atoms with van der Waals surface area (Å²) in [5.74, 6) is 0. The first-order valence-corrected chi connectivity index (χ1v) is 5.64. The molecule has 2 aromatic carbocycles. The highest BCUT2D eigenvalue weighted by atomic mass is 16.5. The van der Waals surface area contributed by atoms with Crippen molar-refractivity contribution in [3.05, 3.63) is 67.3 Å². The largest absolute Gasteiger partial charge is 0.355 e. The second kappa shape index (κ2) is 4.72. The van der Waals surface area contributed by atoms with Crippen LogP contribution in [0, 0.1) is 7.11 Å². The van der Waals surface area contributed by atoms with Gasteiger partial charge in [0.25, 0.3) is 0 Å². The van der Waals surface area contributed by atoms with Gasteiger partial charge in [-0.2, -0.15) is 0 Å². The first-order chi connectivity index (χ1) is 8.13. The fraction of sp³-hybridized carbons (Fsp3) is 0.188. The molecule has 0 aliphatic rings. The van der Waals surface area contributed by atoms with Gasteiger partial charge in [0.1, 0.15) is 0 Å². The van der Waals surface area contributed by atoms with Crippen molar-refractivity contribution in [2.24, 2.45) is 0 Å². The molecule has 0 aliphatic carbocycles. The van der Waals surface area contributed by atoms with E-state index in [2.05, 4.69) is 24.3 Å². The minimum Gasteiger partial charge on any atom is -0.355 e. The van der Waals surface area contributed by atoms with Crippen molar-refractivity contribution in [2.45, 2.75) is 19.4 Å². The van der Waals surface area contributed by atoms with Gasteiger partial charge in [-0.3, -0.25) is 0 Å². The first-order valence-electron chi connectivity index (χ1n) is 5.64. The molecular weight excluding hydrogens is 208 g/mol. The normalized spacial score (nSPS) is 11.5. The van der Waals surface area contributed by atoms with Crippen molar-refractivity contribution in [3.8, 4) is 11.1 Å². The van der Waals surface area contributed by atoms with Crippen LogP contribution in [0.5, 0.6) is 0 Å². The van der Waals surface area contributed by atoms with Crippen LogP contribution in [-0.4, -0.2) is 0 Å². The molecular formula is C16H15O. The molecule has 2 aromatic rings. The molecule has 1 heteroatoms. The zero-order valence-corrected chi connectivity index (χ0v) is 10.1. The minimum absolute atomic E-state index is 0.560. The van der Waals surface area contributed by atoms with Crippen LogP contribution in [-0.2, 0) is 10.3 Å². The van der Waals surface area contributed by atoms with E-state index in [0.29, 0.717) is 0 Å². The van der Waals surface area contributed by atoms with E-state index in [4.69, 9.17) is 11.8 Å². The van der Waals surface area contributed by atoms with Crippen molar-refractivity contribution in [2.75, 3.05) is 0 Å². The Bertz CT molecular complexity index is 469. The highest BCUT2D eigenvalue weighted by molar-refractivity contribution is 5.63. The summed E-state index contributed by atoms with van der Waals surface area (Å²) in [6, 6.07) is 18.4. The third kappa shape index (κ3) is 2.56. The second-order valence-corrected chi connectivity index (χ2v) is 4.56. The molecule has 0 heterocycles. The number of hydrogen-bond acceptors (Lipinski definition) is 1. The lowest BCUT2D eigenvalue weighted by Gasteiger charge is -2.22. The highest BCUT2D eigenvalue weighted by Gasteiger charge is 2.19. The van der Waals surface area contributed by atoms with E-state index >= 15 is 0 Å². The monoisotopic (exact) mass is 223 g/mol. The maximum Gasteiger partial charge on any atom is 0.174 e. The Morgan fingerprint density at radius 2 is 1.35 bits per heavy atom. The summed E-state index contributed by atoms with van der Waals surface area (Å²) in [4.78, 5) is 0. The number of rotatable bonds is 3. The fourth-order valence-electron chi connectivity index (χ4n) is 1.75. The smallest absolute Gasteiger partial charge is 0.174 e. The van der Waals surface area contributed by atoms with Gasteiger partial charge in [-0.05, 0) is 30.5 Å². The molecule has 17 heavy (non-hydrogen) atoms. The van der Waals surface area contributed by atoms with Crippen LogP contribution in [0.2, 0.25) is 0 Å². The Hall–Kier alpha value is -1.60. The summed E-state index contributed by atoms with van der Waals surface area (Å²) in [5.41, 5.74) is 2.82. The van der Waals surface area contributed by atoms with Gasteiger partial charge < -0.3 is 4.74 Å². The average Bonchev–Trinajstić information content (AvgIpc) is 2.40. The van der Waals surface area contributed by atoms with E-state index < -0.39 is 5.60 Å². The predicted molar refractivity (Wildman–Crippen MR) is 69.2 cm³/mol. The van der Waals surface area contributed by atoms with E-state index in [1.54, 1.807) is 0 Å². The summed E-state index contributed by atoms with van der Waals surface area (Å²) >= 11 is 0. The quantitative estimate of drug-likeness (QED) is 0.759. The van der Waals surface area contributed by atoms with E-state index in [1.807, 2.05) is 44.2 Å². The molecule has 0 aliphatic heterocycles. The van der Waals surface area contributed by atoms with E-state index in [1.165, 1.54) is 11.1 Å². The summed E-state index contributed by atoms with van der Waals surface area (Å²) in [6.07, 6.45) is 0. The summed E-state index contributed by atoms with van der Waals surface area (Å²) in [6.45, 7) is 3.77. The Balaban J connectivity index is 2.31. The van der Waals surface area contributed by atoms with Gasteiger partial charge in [0.2, 0.25) is 0 Å². The Morgan fingerprint density at radius 3 is 1.88 bits per heavy atom. The third-order valence-electron chi connectivity index (χ3n) is 2.94. The summed E-state index contributed by atoms with van der Waals surface area (Å²) in [5, 5.41) is 0. The maximum absolute atomic E-state index is 7.06. The standard InChI is InChI=1S/C16H15O/c1-16(2,17-3)15-11-9-14(10-12-15)13-7-5-4-6-8-13/h4-12H,1-2H3. The van der Waals surface area contributed by atoms with Crippen molar-refractivity contribution in [1.29, 1.82) is 0 Å². The molecule has 0 aromatic heterocycles. The van der Waals surface area contributed by atoms with Crippen molar-refractivity contribution >= 4 is 0 Å². The van der Waals surface area contributed by atoms with Gasteiger partial charge in [0, 0.05) is 0 Å². The van der Waals surface area contributed by atoms with E-state index in [0.717, 1.165) is 5.56 Å². The summed E-state index contributed by atoms with van der Waals surface area (Å²) in [7, 11) is 7.06. The minimum atomic E-state index is -0.560. The lowest BCUT2D eigenvalue weighted by atomic mass is 9.95. The molecule has 0 saturated heterocycles. The lowest BCUT2D eigenvalue weighted by Crippen LogP contribution is -2.18. The van der Waals surface area contributed by atoms with Crippen LogP contribution in [0.1, 0.15) is 19.4 Å².